The lowest BCUT2D eigenvalue weighted by Crippen LogP contribution is -2.19. The molecule has 2 aromatic heterocycles. The zero-order chi connectivity index (χ0) is 34.6. The van der Waals surface area contributed by atoms with Gasteiger partial charge in [0.2, 0.25) is 0 Å². The van der Waals surface area contributed by atoms with Gasteiger partial charge in [0.25, 0.3) is 5.56 Å². The van der Waals surface area contributed by atoms with Gasteiger partial charge in [0.15, 0.2) is 0 Å². The first-order valence-corrected chi connectivity index (χ1v) is 17.6. The Labute approximate surface area is 300 Å². The van der Waals surface area contributed by atoms with Crippen LogP contribution in [0.2, 0.25) is 0 Å². The Bertz CT molecular complexity index is 2940. The molecule has 0 aliphatic heterocycles. The molecular weight excluding hydrogens is 633 g/mol. The van der Waals surface area contributed by atoms with Gasteiger partial charge in [-0.15, -0.1) is 0 Å². The number of rotatable bonds is 5. The fourth-order valence-electron chi connectivity index (χ4n) is 7.81. The molecule has 10 rings (SSSR count). The second-order valence-electron chi connectivity index (χ2n) is 13.3. The third-order valence-corrected chi connectivity index (χ3v) is 10.4. The highest BCUT2D eigenvalue weighted by Gasteiger charge is 2.16. The molecule has 0 unspecified atom stereocenters. The van der Waals surface area contributed by atoms with Crippen molar-refractivity contribution in [2.75, 3.05) is 0 Å². The average Bonchev–Trinajstić information content (AvgIpc) is 3.56. The minimum Gasteiger partial charge on any atom is -0.309 e. The highest BCUT2D eigenvalue weighted by Crippen LogP contribution is 2.35. The summed E-state index contributed by atoms with van der Waals surface area (Å²) in [6.07, 6.45) is 0. The number of fused-ring (bicyclic) bond motifs is 6. The number of hydrogen-bond acceptors (Lipinski definition) is 1. The van der Waals surface area contributed by atoms with Crippen LogP contribution in [0.4, 0.5) is 0 Å². The molecule has 0 saturated carbocycles. The Hall–Kier alpha value is -6.97. The van der Waals surface area contributed by atoms with Crippen LogP contribution in [-0.4, -0.2) is 9.13 Å². The van der Waals surface area contributed by atoms with Gasteiger partial charge in [0.1, 0.15) is 0 Å². The SMILES string of the molecule is O=c1c2ccc(-c3ccccc3)cc2c2cc(-c3ccccc3)ccc2n1-c1ccc(-c2ccc(-n3c4ccccc4c4ccccc43)cc2)cc1. The first kappa shape index (κ1) is 29.9. The van der Waals surface area contributed by atoms with Crippen molar-refractivity contribution in [1.82, 2.24) is 9.13 Å². The summed E-state index contributed by atoms with van der Waals surface area (Å²) in [6, 6.07) is 67.7. The van der Waals surface area contributed by atoms with E-state index in [0.29, 0.717) is 5.39 Å². The molecule has 0 bridgehead atoms. The van der Waals surface area contributed by atoms with Crippen molar-refractivity contribution in [3.05, 3.63) is 204 Å². The van der Waals surface area contributed by atoms with E-state index < -0.39 is 0 Å². The lowest BCUT2D eigenvalue weighted by atomic mass is 9.96. The summed E-state index contributed by atoms with van der Waals surface area (Å²) in [5.74, 6) is 0. The number of nitrogens with zero attached hydrogens (tertiary/aromatic N) is 2. The number of hydrogen-bond donors (Lipinski definition) is 0. The Morgan fingerprint density at radius 3 is 1.23 bits per heavy atom. The first-order valence-electron chi connectivity index (χ1n) is 17.6. The summed E-state index contributed by atoms with van der Waals surface area (Å²) in [5, 5.41) is 5.19. The van der Waals surface area contributed by atoms with Crippen molar-refractivity contribution in [1.29, 1.82) is 0 Å². The van der Waals surface area contributed by atoms with Gasteiger partial charge in [0, 0.05) is 32.9 Å². The standard InChI is InChI=1S/C49H32N2O/c52-49-43-29-23-37(33-11-3-1-4-12-33)31-44(43)45-32-38(34-13-5-2-6-14-34)24-30-48(45)51(49)40-27-21-36(22-28-40)35-19-25-39(26-20-35)50-46-17-9-7-15-41(46)42-16-8-10-18-47(42)50/h1-32H. The molecule has 0 fully saturated rings. The molecule has 0 aliphatic rings. The Morgan fingerprint density at radius 1 is 0.269 bits per heavy atom. The minimum atomic E-state index is -0.0298. The molecule has 244 valence electrons. The van der Waals surface area contributed by atoms with Crippen LogP contribution < -0.4 is 5.56 Å². The summed E-state index contributed by atoms with van der Waals surface area (Å²) in [6.45, 7) is 0. The van der Waals surface area contributed by atoms with E-state index in [2.05, 4.69) is 168 Å². The van der Waals surface area contributed by atoms with Crippen LogP contribution in [0.1, 0.15) is 0 Å². The summed E-state index contributed by atoms with van der Waals surface area (Å²) < 4.78 is 4.20. The zero-order valence-corrected chi connectivity index (χ0v) is 28.3. The minimum absolute atomic E-state index is 0.0298. The normalized spacial score (nSPS) is 11.5. The quantitative estimate of drug-likeness (QED) is 0.168. The number of pyridine rings is 1. The van der Waals surface area contributed by atoms with E-state index >= 15 is 0 Å². The third kappa shape index (κ3) is 4.86. The molecule has 52 heavy (non-hydrogen) atoms. The predicted octanol–water partition coefficient (Wildman–Crippen LogP) is 12.2. The van der Waals surface area contributed by atoms with E-state index in [1.807, 2.05) is 34.9 Å². The molecule has 3 heteroatoms. The highest BCUT2D eigenvalue weighted by molar-refractivity contribution is 6.10. The molecule has 0 spiro atoms. The average molecular weight is 665 g/mol. The van der Waals surface area contributed by atoms with Crippen molar-refractivity contribution in [3.8, 4) is 44.8 Å². The maximum absolute atomic E-state index is 14.4. The fraction of sp³-hybridized carbons (Fsp3) is 0. The number of para-hydroxylation sites is 2. The van der Waals surface area contributed by atoms with Gasteiger partial charge in [-0.25, -0.2) is 0 Å². The Balaban J connectivity index is 1.07. The molecule has 3 nitrogen and oxygen atoms in total. The second kappa shape index (κ2) is 12.1. The first-order chi connectivity index (χ1) is 25.7. The van der Waals surface area contributed by atoms with Crippen molar-refractivity contribution in [2.45, 2.75) is 0 Å². The van der Waals surface area contributed by atoms with Crippen LogP contribution >= 0.6 is 0 Å². The number of aromatic nitrogens is 2. The maximum atomic E-state index is 14.4. The van der Waals surface area contributed by atoms with Gasteiger partial charge in [0.05, 0.1) is 16.6 Å². The van der Waals surface area contributed by atoms with Crippen LogP contribution in [0, 0.1) is 0 Å². The molecule has 0 N–H and O–H groups in total. The summed E-state index contributed by atoms with van der Waals surface area (Å²) in [7, 11) is 0. The molecular formula is C49H32N2O. The molecule has 0 radical (unpaired) electrons. The molecule has 10 aromatic rings. The maximum Gasteiger partial charge on any atom is 0.263 e. The summed E-state index contributed by atoms with van der Waals surface area (Å²) in [5.41, 5.74) is 11.9. The van der Waals surface area contributed by atoms with Crippen molar-refractivity contribution < 1.29 is 0 Å². The van der Waals surface area contributed by atoms with Crippen LogP contribution in [0.15, 0.2) is 199 Å². The van der Waals surface area contributed by atoms with Gasteiger partial charge in [-0.05, 0) is 99.4 Å². The van der Waals surface area contributed by atoms with E-state index in [4.69, 9.17) is 0 Å². The topological polar surface area (TPSA) is 26.9 Å². The van der Waals surface area contributed by atoms with E-state index in [1.54, 1.807) is 0 Å². The largest absolute Gasteiger partial charge is 0.309 e. The Kier molecular flexibility index (Phi) is 6.97. The van der Waals surface area contributed by atoms with Crippen molar-refractivity contribution >= 4 is 43.5 Å². The van der Waals surface area contributed by atoms with Gasteiger partial charge in [-0.1, -0.05) is 133 Å². The summed E-state index contributed by atoms with van der Waals surface area (Å²) in [4.78, 5) is 14.4. The molecule has 0 amide bonds. The third-order valence-electron chi connectivity index (χ3n) is 10.4. The lowest BCUT2D eigenvalue weighted by molar-refractivity contribution is 1.06. The van der Waals surface area contributed by atoms with Crippen LogP contribution in [0.5, 0.6) is 0 Å². The van der Waals surface area contributed by atoms with E-state index in [9.17, 15) is 4.79 Å². The van der Waals surface area contributed by atoms with Gasteiger partial charge in [-0.3, -0.25) is 9.36 Å². The van der Waals surface area contributed by atoms with E-state index in [-0.39, 0.29) is 5.56 Å². The zero-order valence-electron chi connectivity index (χ0n) is 28.3. The van der Waals surface area contributed by atoms with Crippen LogP contribution in [0.25, 0.3) is 88.2 Å². The Morgan fingerprint density at radius 2 is 0.673 bits per heavy atom. The fourth-order valence-corrected chi connectivity index (χ4v) is 7.81. The van der Waals surface area contributed by atoms with Crippen LogP contribution in [-0.2, 0) is 0 Å². The van der Waals surface area contributed by atoms with Crippen molar-refractivity contribution in [3.63, 3.8) is 0 Å². The van der Waals surface area contributed by atoms with Crippen molar-refractivity contribution in [2.24, 2.45) is 0 Å². The predicted molar refractivity (Wildman–Crippen MR) is 218 cm³/mol. The molecule has 2 heterocycles. The summed E-state index contributed by atoms with van der Waals surface area (Å²) >= 11 is 0. The van der Waals surface area contributed by atoms with Crippen LogP contribution in [0.3, 0.4) is 0 Å². The highest BCUT2D eigenvalue weighted by atomic mass is 16.1. The number of benzene rings is 8. The molecule has 0 aliphatic carbocycles. The van der Waals surface area contributed by atoms with Gasteiger partial charge < -0.3 is 4.57 Å². The van der Waals surface area contributed by atoms with Gasteiger partial charge in [-0.2, -0.15) is 0 Å². The smallest absolute Gasteiger partial charge is 0.263 e. The van der Waals surface area contributed by atoms with Gasteiger partial charge >= 0.3 is 0 Å². The monoisotopic (exact) mass is 664 g/mol. The lowest BCUT2D eigenvalue weighted by Gasteiger charge is -2.16. The second-order valence-corrected chi connectivity index (χ2v) is 13.3. The van der Waals surface area contributed by atoms with E-state index in [1.165, 1.54) is 21.8 Å². The molecule has 8 aromatic carbocycles. The van der Waals surface area contributed by atoms with E-state index in [0.717, 1.165) is 61.0 Å². The molecule has 0 saturated heterocycles. The molecule has 0 atom stereocenters.